The summed E-state index contributed by atoms with van der Waals surface area (Å²) >= 11 is 1.68. The fourth-order valence-corrected chi connectivity index (χ4v) is 3.04. The van der Waals surface area contributed by atoms with Gasteiger partial charge >= 0.3 is 0 Å². The van der Waals surface area contributed by atoms with Gasteiger partial charge in [-0.1, -0.05) is 11.6 Å². The van der Waals surface area contributed by atoms with Gasteiger partial charge in [0.15, 0.2) is 0 Å². The Morgan fingerprint density at radius 3 is 2.80 bits per heavy atom. The van der Waals surface area contributed by atoms with Crippen LogP contribution in [0.3, 0.4) is 0 Å². The molecule has 0 aliphatic heterocycles. The van der Waals surface area contributed by atoms with E-state index >= 15 is 0 Å². The Hall–Kier alpha value is -2.01. The van der Waals surface area contributed by atoms with Gasteiger partial charge in [-0.3, -0.25) is 0 Å². The van der Waals surface area contributed by atoms with Crippen LogP contribution in [0.15, 0.2) is 29.9 Å². The molecule has 3 rings (SSSR count). The maximum Gasteiger partial charge on any atom is 0.140 e. The van der Waals surface area contributed by atoms with E-state index in [-0.39, 0.29) is 0 Å². The van der Waals surface area contributed by atoms with E-state index in [2.05, 4.69) is 44.3 Å². The lowest BCUT2D eigenvalue weighted by Crippen LogP contribution is -2.18. The van der Waals surface area contributed by atoms with Gasteiger partial charge in [-0.2, -0.15) is 0 Å². The number of aryl methyl sites for hydroxylation is 2. The van der Waals surface area contributed by atoms with Crippen molar-refractivity contribution in [2.45, 2.75) is 20.4 Å². The van der Waals surface area contributed by atoms with Crippen LogP contribution < -0.4 is 4.90 Å². The molecule has 0 radical (unpaired) electrons. The predicted molar refractivity (Wildman–Crippen MR) is 83.2 cm³/mol. The van der Waals surface area contributed by atoms with Crippen LogP contribution in [-0.4, -0.2) is 22.0 Å². The quantitative estimate of drug-likeness (QED) is 0.739. The first-order valence-corrected chi connectivity index (χ1v) is 7.35. The van der Waals surface area contributed by atoms with E-state index in [1.807, 2.05) is 20.0 Å². The number of nitrogens with zero attached hydrogens (tertiary/aromatic N) is 4. The third kappa shape index (κ3) is 2.49. The minimum absolute atomic E-state index is 0.762. The van der Waals surface area contributed by atoms with Crippen LogP contribution in [0.5, 0.6) is 0 Å². The summed E-state index contributed by atoms with van der Waals surface area (Å²) < 4.78 is 0. The van der Waals surface area contributed by atoms with Crippen LogP contribution in [-0.2, 0) is 6.54 Å². The standard InChI is InChI=1S/C15H16N4S/c1-10-4-5-13-12(6-10)15(17-9-16-13)19(3)7-14-18-11(2)8-20-14/h4-6,8-9H,7H2,1-3H3. The van der Waals surface area contributed by atoms with E-state index in [0.717, 1.165) is 34.0 Å². The van der Waals surface area contributed by atoms with Crippen LogP contribution in [0.25, 0.3) is 10.9 Å². The van der Waals surface area contributed by atoms with Gasteiger partial charge in [-0.15, -0.1) is 11.3 Å². The van der Waals surface area contributed by atoms with E-state index in [9.17, 15) is 0 Å². The number of thiazole rings is 1. The lowest BCUT2D eigenvalue weighted by atomic mass is 10.1. The largest absolute Gasteiger partial charge is 0.352 e. The molecule has 2 aromatic heterocycles. The summed E-state index contributed by atoms with van der Waals surface area (Å²) in [5.41, 5.74) is 3.26. The highest BCUT2D eigenvalue weighted by Gasteiger charge is 2.10. The zero-order valence-corrected chi connectivity index (χ0v) is 12.6. The molecular weight excluding hydrogens is 268 g/mol. The smallest absolute Gasteiger partial charge is 0.140 e. The molecule has 0 atom stereocenters. The lowest BCUT2D eigenvalue weighted by Gasteiger charge is -2.18. The summed E-state index contributed by atoms with van der Waals surface area (Å²) in [7, 11) is 2.04. The number of hydrogen-bond donors (Lipinski definition) is 0. The van der Waals surface area contributed by atoms with E-state index in [0.29, 0.717) is 0 Å². The van der Waals surface area contributed by atoms with Crippen LogP contribution in [0, 0.1) is 13.8 Å². The molecule has 1 aromatic carbocycles. The fraction of sp³-hybridized carbons (Fsp3) is 0.267. The molecule has 5 heteroatoms. The summed E-state index contributed by atoms with van der Waals surface area (Å²) in [5.74, 6) is 0.951. The van der Waals surface area contributed by atoms with Crippen molar-refractivity contribution in [2.75, 3.05) is 11.9 Å². The van der Waals surface area contributed by atoms with Crippen molar-refractivity contribution in [3.05, 3.63) is 46.2 Å². The first-order chi connectivity index (χ1) is 9.63. The average molecular weight is 284 g/mol. The molecule has 0 saturated carbocycles. The lowest BCUT2D eigenvalue weighted by molar-refractivity contribution is 0.885. The van der Waals surface area contributed by atoms with Crippen LogP contribution in [0.4, 0.5) is 5.82 Å². The van der Waals surface area contributed by atoms with Gasteiger partial charge in [0.25, 0.3) is 0 Å². The van der Waals surface area contributed by atoms with Crippen molar-refractivity contribution in [2.24, 2.45) is 0 Å². The fourth-order valence-electron chi connectivity index (χ4n) is 2.21. The molecule has 0 spiro atoms. The van der Waals surface area contributed by atoms with Crippen molar-refractivity contribution < 1.29 is 0 Å². The molecule has 0 aliphatic rings. The number of fused-ring (bicyclic) bond motifs is 1. The number of anilines is 1. The molecule has 4 nitrogen and oxygen atoms in total. The summed E-state index contributed by atoms with van der Waals surface area (Å²) in [5, 5.41) is 4.26. The molecule has 3 aromatic rings. The zero-order chi connectivity index (χ0) is 14.1. The maximum atomic E-state index is 4.51. The molecule has 20 heavy (non-hydrogen) atoms. The van der Waals surface area contributed by atoms with E-state index in [1.165, 1.54) is 5.56 Å². The molecule has 0 unspecified atom stereocenters. The summed E-state index contributed by atoms with van der Waals surface area (Å²) in [6, 6.07) is 6.24. The Labute approximate surface area is 122 Å². The van der Waals surface area contributed by atoms with Crippen molar-refractivity contribution in [1.82, 2.24) is 15.0 Å². The van der Waals surface area contributed by atoms with Crippen LogP contribution >= 0.6 is 11.3 Å². The Kier molecular flexibility index (Phi) is 3.36. The van der Waals surface area contributed by atoms with Crippen molar-refractivity contribution >= 4 is 28.1 Å². The second-order valence-corrected chi connectivity index (χ2v) is 5.90. The Morgan fingerprint density at radius 1 is 1.20 bits per heavy atom. The Balaban J connectivity index is 1.98. The SMILES string of the molecule is Cc1ccc2ncnc(N(C)Cc3nc(C)cs3)c2c1. The highest BCUT2D eigenvalue weighted by atomic mass is 32.1. The van der Waals surface area contributed by atoms with Crippen molar-refractivity contribution in [3.63, 3.8) is 0 Å². The molecule has 2 heterocycles. The molecule has 0 bridgehead atoms. The average Bonchev–Trinajstić information content (AvgIpc) is 2.83. The van der Waals surface area contributed by atoms with Crippen LogP contribution in [0.1, 0.15) is 16.3 Å². The Morgan fingerprint density at radius 2 is 2.05 bits per heavy atom. The van der Waals surface area contributed by atoms with Crippen molar-refractivity contribution in [3.8, 4) is 0 Å². The number of rotatable bonds is 3. The number of benzene rings is 1. The second kappa shape index (κ2) is 5.17. The third-order valence-electron chi connectivity index (χ3n) is 3.17. The van der Waals surface area contributed by atoms with Gasteiger partial charge in [0.1, 0.15) is 17.2 Å². The maximum absolute atomic E-state index is 4.51. The zero-order valence-electron chi connectivity index (χ0n) is 11.8. The summed E-state index contributed by atoms with van der Waals surface area (Å²) in [6.45, 7) is 4.86. The van der Waals surface area contributed by atoms with Gasteiger partial charge in [0, 0.05) is 23.5 Å². The molecule has 0 amide bonds. The first kappa shape index (κ1) is 13.0. The normalized spacial score (nSPS) is 10.9. The Bertz CT molecular complexity index is 750. The molecule has 0 N–H and O–H groups in total. The summed E-state index contributed by atoms with van der Waals surface area (Å²) in [6.07, 6.45) is 1.62. The number of aromatic nitrogens is 3. The minimum atomic E-state index is 0.762. The molecule has 102 valence electrons. The monoisotopic (exact) mass is 284 g/mol. The van der Waals surface area contributed by atoms with Gasteiger partial charge in [-0.05, 0) is 26.0 Å². The minimum Gasteiger partial charge on any atom is -0.352 e. The van der Waals surface area contributed by atoms with E-state index < -0.39 is 0 Å². The predicted octanol–water partition coefficient (Wildman–Crippen LogP) is 3.34. The number of hydrogen-bond acceptors (Lipinski definition) is 5. The highest BCUT2D eigenvalue weighted by Crippen LogP contribution is 2.24. The van der Waals surface area contributed by atoms with E-state index in [4.69, 9.17) is 0 Å². The van der Waals surface area contributed by atoms with Gasteiger partial charge < -0.3 is 4.90 Å². The van der Waals surface area contributed by atoms with E-state index in [1.54, 1.807) is 17.7 Å². The van der Waals surface area contributed by atoms with Gasteiger partial charge in [-0.25, -0.2) is 15.0 Å². The summed E-state index contributed by atoms with van der Waals surface area (Å²) in [4.78, 5) is 15.4. The molecule has 0 fully saturated rings. The molecular formula is C15H16N4S. The third-order valence-corrected chi connectivity index (χ3v) is 4.12. The second-order valence-electron chi connectivity index (χ2n) is 4.96. The van der Waals surface area contributed by atoms with Crippen LogP contribution in [0.2, 0.25) is 0 Å². The molecule has 0 saturated heterocycles. The first-order valence-electron chi connectivity index (χ1n) is 6.47. The molecule has 0 aliphatic carbocycles. The highest BCUT2D eigenvalue weighted by molar-refractivity contribution is 7.09. The van der Waals surface area contributed by atoms with Crippen molar-refractivity contribution in [1.29, 1.82) is 0 Å². The van der Waals surface area contributed by atoms with Gasteiger partial charge in [0.2, 0.25) is 0 Å². The topological polar surface area (TPSA) is 41.9 Å². The van der Waals surface area contributed by atoms with Gasteiger partial charge in [0.05, 0.1) is 12.1 Å².